The molecule has 8 atom stereocenters. The van der Waals surface area contributed by atoms with Gasteiger partial charge in [0.15, 0.2) is 0 Å². The first kappa shape index (κ1) is 66.4. The Balaban J connectivity index is 0.882. The fraction of sp³-hybridized carbons (Fsp3) is 0.475. The van der Waals surface area contributed by atoms with Crippen molar-refractivity contribution >= 4 is 94.2 Å². The average Bonchev–Trinajstić information content (AvgIpc) is 1.89. The molecule has 2 aromatic heterocycles. The summed E-state index contributed by atoms with van der Waals surface area (Å²) < 4.78 is 17.9. The van der Waals surface area contributed by atoms with Gasteiger partial charge in [0.2, 0.25) is 41.4 Å². The number of likely N-dealkylation sites (tertiary alicyclic amines) is 1. The standard InChI is InChI=1S/C61H76ClN10O14PS/c1-32-23-38(9-8-10-51(76)69-54(61(5,6)7)59(81)71-28-43(74)27-48(71)57(79)65-33(2)36-11-13-37(14-12-36)53-34(3)64-31-88-53)52(62)49(24-32)86-30-41(16-20-50(63)75)66-56(78)47-19-17-42-21-22-70(35(4)73)29-46(58(80)72(42)47)68-55(77)45-26-40-25-39(15-18-44(40)67-45)60(82)87(83,84)85/h11-15,18,23-26,31,33,41-43,46-48,54,67,74H,8-10,16-17,19-22,27-30H2,1-7H3,(H2,63,75)(H,65,79)(H,66,78)(H,68,77)(H,69,76)(H2,83,84,85)/t33-,41-,42+,43+,46-,47-,48-,54+/m0/s1. The Hall–Kier alpha value is -7.54. The summed E-state index contributed by atoms with van der Waals surface area (Å²) in [7, 11) is -5.10. The molecule has 0 saturated carbocycles. The predicted octanol–water partition coefficient (Wildman–Crippen LogP) is 5.11. The second-order valence-electron chi connectivity index (χ2n) is 24.1. The lowest BCUT2D eigenvalue weighted by atomic mass is 9.85. The van der Waals surface area contributed by atoms with Crippen molar-refractivity contribution in [1.29, 1.82) is 0 Å². The highest BCUT2D eigenvalue weighted by Gasteiger charge is 2.47. The molecule has 0 spiro atoms. The van der Waals surface area contributed by atoms with E-state index >= 15 is 0 Å². The van der Waals surface area contributed by atoms with Gasteiger partial charge in [-0.15, -0.1) is 11.3 Å². The number of β-amino-alcohol motifs (C(OH)–C–C–N with tert-alkyl or cyclic N) is 1. The Morgan fingerprint density at radius 3 is 2.30 bits per heavy atom. The third-order valence-electron chi connectivity index (χ3n) is 16.3. The van der Waals surface area contributed by atoms with Gasteiger partial charge in [-0.25, -0.2) is 4.98 Å². The molecule has 5 heterocycles. The summed E-state index contributed by atoms with van der Waals surface area (Å²) in [5.74, 6) is -3.99. The molecule has 3 fully saturated rings. The number of halogens is 1. The van der Waals surface area contributed by atoms with Crippen molar-refractivity contribution in [3.63, 3.8) is 0 Å². The Labute approximate surface area is 518 Å². The molecule has 3 aromatic carbocycles. The Kier molecular flexibility index (Phi) is 21.0. The van der Waals surface area contributed by atoms with Crippen LogP contribution >= 0.6 is 30.5 Å². The fourth-order valence-electron chi connectivity index (χ4n) is 11.6. The smallest absolute Gasteiger partial charge is 0.396 e. The van der Waals surface area contributed by atoms with E-state index in [4.69, 9.17) is 22.1 Å². The minimum atomic E-state index is -5.10. The molecular formula is C61H76ClN10O14PS. The van der Waals surface area contributed by atoms with Gasteiger partial charge in [-0.1, -0.05) is 62.7 Å². The van der Waals surface area contributed by atoms with E-state index in [9.17, 15) is 62.6 Å². The highest BCUT2D eigenvalue weighted by molar-refractivity contribution is 7.70. The van der Waals surface area contributed by atoms with Gasteiger partial charge < -0.3 is 66.3 Å². The lowest BCUT2D eigenvalue weighted by Crippen LogP contribution is -2.61. The third-order valence-corrected chi connectivity index (χ3v) is 18.5. The number of nitrogens with one attached hydrogen (secondary N) is 5. The molecule has 8 rings (SSSR count). The number of hydrogen-bond donors (Lipinski definition) is 9. The summed E-state index contributed by atoms with van der Waals surface area (Å²) >= 11 is 8.53. The first-order valence-corrected chi connectivity index (χ1v) is 32.0. The van der Waals surface area contributed by atoms with E-state index in [1.165, 1.54) is 45.9 Å². The number of aromatic nitrogens is 2. The molecule has 0 aliphatic carbocycles. The van der Waals surface area contributed by atoms with Crippen LogP contribution in [0.25, 0.3) is 21.3 Å². The minimum absolute atomic E-state index is 0.00271. The molecule has 0 radical (unpaired) electrons. The maximum atomic E-state index is 14.7. The number of aryl methyl sites for hydroxylation is 3. The van der Waals surface area contributed by atoms with Crippen molar-refractivity contribution in [2.75, 3.05) is 26.2 Å². The lowest BCUT2D eigenvalue weighted by Gasteiger charge is -2.38. The summed E-state index contributed by atoms with van der Waals surface area (Å²) in [4.78, 5) is 153. The van der Waals surface area contributed by atoms with Crippen molar-refractivity contribution in [2.24, 2.45) is 11.1 Å². The van der Waals surface area contributed by atoms with Crippen LogP contribution in [0.15, 0.2) is 66.2 Å². The fourth-order valence-corrected chi connectivity index (χ4v) is 13.1. The van der Waals surface area contributed by atoms with Crippen molar-refractivity contribution in [2.45, 2.75) is 155 Å². The number of carbonyl (C=O) groups is 9. The van der Waals surface area contributed by atoms with Crippen molar-refractivity contribution in [3.8, 4) is 16.2 Å². The SMILES string of the molecule is CC(=O)N1CC[C@H]2CC[C@@H](C(=O)N[C@@H](CCC(N)=O)COc3cc(C)cc(CCCC(=O)N[C@H](C(=O)N4C[C@H](O)C[C@H]4C(=O)N[C@@H](C)c4ccc(-c5scnc5C)cc4)C(C)(C)C)c3Cl)N2C(=O)[C@@H](NC(=O)c2cc3cc(C(=O)P(=O)(O)O)ccc3[nH]2)C1. The number of ether oxygens (including phenoxy) is 1. The highest BCUT2D eigenvalue weighted by Crippen LogP contribution is 2.40. The number of thiazole rings is 1. The Morgan fingerprint density at radius 1 is 0.920 bits per heavy atom. The second-order valence-corrected chi connectivity index (χ2v) is 26.8. The molecule has 10 N–H and O–H groups in total. The molecule has 3 aliphatic heterocycles. The topological polar surface area (TPSA) is 353 Å². The molecule has 472 valence electrons. The Morgan fingerprint density at radius 2 is 1.64 bits per heavy atom. The number of benzene rings is 3. The summed E-state index contributed by atoms with van der Waals surface area (Å²) in [5.41, 5.74) is 9.41. The van der Waals surface area contributed by atoms with E-state index in [2.05, 4.69) is 31.2 Å². The van der Waals surface area contributed by atoms with Crippen molar-refractivity contribution in [3.05, 3.63) is 105 Å². The van der Waals surface area contributed by atoms with Crippen LogP contribution in [-0.2, 0) is 44.5 Å². The number of hydrogen-bond acceptors (Lipinski definition) is 14. The van der Waals surface area contributed by atoms with Crippen LogP contribution in [0.2, 0.25) is 5.02 Å². The van der Waals surface area contributed by atoms with E-state index in [1.54, 1.807) is 22.9 Å². The van der Waals surface area contributed by atoms with Crippen LogP contribution in [0.5, 0.6) is 5.75 Å². The van der Waals surface area contributed by atoms with Crippen LogP contribution in [-0.4, -0.2) is 161 Å². The third kappa shape index (κ3) is 16.0. The zero-order valence-corrected chi connectivity index (χ0v) is 52.6. The number of aromatic amines is 1. The van der Waals surface area contributed by atoms with Gasteiger partial charge in [0.05, 0.1) is 39.3 Å². The zero-order valence-electron chi connectivity index (χ0n) is 50.1. The van der Waals surface area contributed by atoms with Gasteiger partial charge in [-0.3, -0.25) is 47.7 Å². The molecule has 0 unspecified atom stereocenters. The maximum absolute atomic E-state index is 14.7. The number of amides is 8. The number of rotatable bonds is 22. The number of carbonyl (C=O) groups excluding carboxylic acids is 9. The largest absolute Gasteiger partial charge is 0.490 e. The van der Waals surface area contributed by atoms with Crippen LogP contribution in [0.1, 0.15) is 135 Å². The summed E-state index contributed by atoms with van der Waals surface area (Å²) in [5, 5.41) is 22.9. The van der Waals surface area contributed by atoms with E-state index < -0.39 is 108 Å². The van der Waals surface area contributed by atoms with Crippen molar-refractivity contribution < 1.29 is 67.3 Å². The first-order chi connectivity index (χ1) is 41.5. The van der Waals surface area contributed by atoms with Crippen LogP contribution in [0.3, 0.4) is 0 Å². The van der Waals surface area contributed by atoms with E-state index in [1.807, 2.05) is 71.9 Å². The van der Waals surface area contributed by atoms with Crippen LogP contribution in [0, 0.1) is 19.3 Å². The number of fused-ring (bicyclic) bond motifs is 2. The van der Waals surface area contributed by atoms with E-state index in [0.717, 1.165) is 27.3 Å². The molecule has 24 nitrogen and oxygen atoms in total. The second kappa shape index (κ2) is 27.9. The molecular weight excluding hydrogens is 1200 g/mol. The normalized spacial score (nSPS) is 19.9. The van der Waals surface area contributed by atoms with Gasteiger partial charge in [0.25, 0.3) is 11.4 Å². The van der Waals surface area contributed by atoms with Gasteiger partial charge in [-0.05, 0) is 117 Å². The molecule has 3 aliphatic rings. The monoisotopic (exact) mass is 1270 g/mol. The molecule has 27 heteroatoms. The van der Waals surface area contributed by atoms with E-state index in [0.29, 0.717) is 36.8 Å². The first-order valence-electron chi connectivity index (χ1n) is 29.2. The zero-order chi connectivity index (χ0) is 64.1. The number of nitrogens with two attached hydrogens (primary N) is 1. The van der Waals surface area contributed by atoms with Crippen molar-refractivity contribution in [1.82, 2.24) is 45.9 Å². The summed E-state index contributed by atoms with van der Waals surface area (Å²) in [6.45, 7) is 12.1. The van der Waals surface area contributed by atoms with Gasteiger partial charge >= 0.3 is 7.60 Å². The predicted molar refractivity (Wildman–Crippen MR) is 328 cm³/mol. The number of primary amides is 1. The van der Waals surface area contributed by atoms with Gasteiger partial charge in [0.1, 0.15) is 42.2 Å². The number of H-pyrrole nitrogens is 1. The number of nitrogens with zero attached hydrogens (tertiary/aromatic N) is 4. The Bertz CT molecular complexity index is 3550. The average molecular weight is 1270 g/mol. The highest BCUT2D eigenvalue weighted by atomic mass is 35.5. The quantitative estimate of drug-likeness (QED) is 0.0407. The molecule has 0 bridgehead atoms. The molecule has 88 heavy (non-hydrogen) atoms. The molecule has 3 saturated heterocycles. The maximum Gasteiger partial charge on any atom is 0.396 e. The minimum Gasteiger partial charge on any atom is -0.490 e. The van der Waals surface area contributed by atoms with Gasteiger partial charge in [0, 0.05) is 68.3 Å². The van der Waals surface area contributed by atoms with Gasteiger partial charge in [-0.2, -0.15) is 0 Å². The lowest BCUT2D eigenvalue weighted by molar-refractivity contribution is -0.145. The summed E-state index contributed by atoms with van der Waals surface area (Å²) in [6, 6.07) is 10.4. The number of aliphatic hydroxyl groups excluding tert-OH is 1. The molecule has 5 aromatic rings. The van der Waals surface area contributed by atoms with Crippen LogP contribution < -0.4 is 31.7 Å². The van der Waals surface area contributed by atoms with E-state index in [-0.39, 0.29) is 91.7 Å². The number of aliphatic hydroxyl groups is 1. The summed E-state index contributed by atoms with van der Waals surface area (Å²) in [6.07, 6.45) is 0.585. The molecule has 8 amide bonds. The van der Waals surface area contributed by atoms with Crippen LogP contribution in [0.4, 0.5) is 0 Å².